The number of anilines is 3. The second-order valence-corrected chi connectivity index (χ2v) is 6.45. The lowest BCUT2D eigenvalue weighted by molar-refractivity contribution is 0.0187. The summed E-state index contributed by atoms with van der Waals surface area (Å²) in [6.45, 7) is 3.63. The third-order valence-corrected chi connectivity index (χ3v) is 4.49. The molecular formula is C18H25FN6O. The number of benzene rings is 1. The Hall–Kier alpha value is -2.45. The predicted octanol–water partition coefficient (Wildman–Crippen LogP) is 1.75. The minimum absolute atomic E-state index is 0.0664. The van der Waals surface area contributed by atoms with E-state index in [0.29, 0.717) is 37.1 Å². The van der Waals surface area contributed by atoms with Gasteiger partial charge in [0.05, 0.1) is 19.3 Å². The molecule has 1 atom stereocenters. The Morgan fingerprint density at radius 3 is 2.58 bits per heavy atom. The number of nitrogens with two attached hydrogens (primary N) is 1. The molecule has 0 bridgehead atoms. The molecule has 2 aromatic rings. The van der Waals surface area contributed by atoms with E-state index in [0.717, 1.165) is 18.7 Å². The van der Waals surface area contributed by atoms with Crippen molar-refractivity contribution in [2.75, 3.05) is 62.9 Å². The van der Waals surface area contributed by atoms with Crippen LogP contribution in [0.5, 0.6) is 0 Å². The standard InChI is InChI=1S/C18H25FN6O/c1-24(2)18-16(20)17(22-12-23-18)21-11-15(25-7-9-26-10-8-25)13-3-5-14(19)6-4-13/h3-6,12,15H,7-11,20H2,1-2H3,(H,21,22,23)/t15-/m0/s1. The monoisotopic (exact) mass is 360 g/mol. The van der Waals surface area contributed by atoms with Gasteiger partial charge in [0, 0.05) is 33.7 Å². The van der Waals surface area contributed by atoms with Crippen molar-refractivity contribution in [3.8, 4) is 0 Å². The zero-order chi connectivity index (χ0) is 18.5. The average molecular weight is 360 g/mol. The van der Waals surface area contributed by atoms with Crippen LogP contribution in [0.3, 0.4) is 0 Å². The Morgan fingerprint density at radius 1 is 1.23 bits per heavy atom. The van der Waals surface area contributed by atoms with Crippen molar-refractivity contribution in [1.29, 1.82) is 0 Å². The zero-order valence-corrected chi connectivity index (χ0v) is 15.2. The third-order valence-electron chi connectivity index (χ3n) is 4.49. The van der Waals surface area contributed by atoms with Crippen LogP contribution in [0.4, 0.5) is 21.7 Å². The number of nitrogen functional groups attached to an aromatic ring is 1. The van der Waals surface area contributed by atoms with E-state index in [-0.39, 0.29) is 11.9 Å². The van der Waals surface area contributed by atoms with Gasteiger partial charge in [0.15, 0.2) is 11.6 Å². The van der Waals surface area contributed by atoms with E-state index in [1.54, 1.807) is 0 Å². The van der Waals surface area contributed by atoms with Gasteiger partial charge in [-0.3, -0.25) is 4.90 Å². The molecule has 0 radical (unpaired) electrons. The highest BCUT2D eigenvalue weighted by Gasteiger charge is 2.23. The SMILES string of the molecule is CN(C)c1ncnc(NC[C@@H](c2ccc(F)cc2)N2CCOCC2)c1N. The summed E-state index contributed by atoms with van der Waals surface area (Å²) in [4.78, 5) is 12.6. The molecule has 7 nitrogen and oxygen atoms in total. The first-order valence-corrected chi connectivity index (χ1v) is 8.65. The van der Waals surface area contributed by atoms with E-state index >= 15 is 0 Å². The molecule has 1 fully saturated rings. The summed E-state index contributed by atoms with van der Waals surface area (Å²) in [7, 11) is 3.77. The molecule has 1 aromatic heterocycles. The molecule has 3 rings (SSSR count). The molecule has 1 aromatic carbocycles. The summed E-state index contributed by atoms with van der Waals surface area (Å²) >= 11 is 0. The minimum Gasteiger partial charge on any atom is -0.393 e. The molecular weight excluding hydrogens is 335 g/mol. The van der Waals surface area contributed by atoms with Crippen LogP contribution in [0.25, 0.3) is 0 Å². The van der Waals surface area contributed by atoms with Gasteiger partial charge >= 0.3 is 0 Å². The molecule has 1 aliphatic heterocycles. The van der Waals surface area contributed by atoms with E-state index in [1.807, 2.05) is 31.1 Å². The number of nitrogens with zero attached hydrogens (tertiary/aromatic N) is 4. The fourth-order valence-corrected chi connectivity index (χ4v) is 3.11. The van der Waals surface area contributed by atoms with Crippen LogP contribution in [0, 0.1) is 5.82 Å². The molecule has 0 spiro atoms. The van der Waals surface area contributed by atoms with Gasteiger partial charge in [-0.1, -0.05) is 12.1 Å². The summed E-state index contributed by atoms with van der Waals surface area (Å²) in [5.41, 5.74) is 7.75. The first kappa shape index (κ1) is 18.3. The van der Waals surface area contributed by atoms with Gasteiger partial charge in [-0.2, -0.15) is 0 Å². The number of aromatic nitrogens is 2. The second kappa shape index (κ2) is 8.29. The Labute approximate surface area is 153 Å². The lowest BCUT2D eigenvalue weighted by atomic mass is 10.0. The Morgan fingerprint density at radius 2 is 1.92 bits per heavy atom. The largest absolute Gasteiger partial charge is 0.393 e. The van der Waals surface area contributed by atoms with E-state index in [9.17, 15) is 4.39 Å². The molecule has 0 amide bonds. The number of halogens is 1. The maximum atomic E-state index is 13.3. The number of morpholine rings is 1. The van der Waals surface area contributed by atoms with Crippen LogP contribution in [-0.2, 0) is 4.74 Å². The molecule has 2 heterocycles. The second-order valence-electron chi connectivity index (χ2n) is 6.45. The fourth-order valence-electron chi connectivity index (χ4n) is 3.11. The van der Waals surface area contributed by atoms with E-state index < -0.39 is 0 Å². The van der Waals surface area contributed by atoms with Gasteiger partial charge in [-0.05, 0) is 17.7 Å². The quantitative estimate of drug-likeness (QED) is 0.812. The summed E-state index contributed by atoms with van der Waals surface area (Å²) in [6, 6.07) is 6.70. The van der Waals surface area contributed by atoms with Gasteiger partial charge in [0.2, 0.25) is 0 Å². The molecule has 8 heteroatoms. The van der Waals surface area contributed by atoms with Gasteiger partial charge in [0.25, 0.3) is 0 Å². The molecule has 0 saturated carbocycles. The Kier molecular flexibility index (Phi) is 5.85. The maximum Gasteiger partial charge on any atom is 0.156 e. The van der Waals surface area contributed by atoms with Crippen LogP contribution in [0.1, 0.15) is 11.6 Å². The molecule has 0 unspecified atom stereocenters. The number of ether oxygens (including phenoxy) is 1. The van der Waals surface area contributed by atoms with Crippen molar-refractivity contribution in [2.24, 2.45) is 0 Å². The van der Waals surface area contributed by atoms with Crippen LogP contribution in [-0.4, -0.2) is 61.8 Å². The van der Waals surface area contributed by atoms with Crippen LogP contribution in [0.15, 0.2) is 30.6 Å². The number of rotatable bonds is 6. The van der Waals surface area contributed by atoms with Crippen molar-refractivity contribution in [3.05, 3.63) is 42.0 Å². The van der Waals surface area contributed by atoms with Gasteiger partial charge in [0.1, 0.15) is 17.8 Å². The summed E-state index contributed by atoms with van der Waals surface area (Å²) < 4.78 is 18.8. The third kappa shape index (κ3) is 4.20. The first-order valence-electron chi connectivity index (χ1n) is 8.65. The molecule has 3 N–H and O–H groups in total. The summed E-state index contributed by atoms with van der Waals surface area (Å²) in [5, 5.41) is 3.34. The topological polar surface area (TPSA) is 79.5 Å². The smallest absolute Gasteiger partial charge is 0.156 e. The Balaban J connectivity index is 1.80. The van der Waals surface area contributed by atoms with Gasteiger partial charge < -0.3 is 20.7 Å². The van der Waals surface area contributed by atoms with Gasteiger partial charge in [-0.25, -0.2) is 14.4 Å². The highest BCUT2D eigenvalue weighted by molar-refractivity contribution is 5.74. The van der Waals surface area contributed by atoms with Crippen LogP contribution < -0.4 is 16.0 Å². The van der Waals surface area contributed by atoms with Crippen molar-refractivity contribution in [3.63, 3.8) is 0 Å². The average Bonchev–Trinajstić information content (AvgIpc) is 2.65. The van der Waals surface area contributed by atoms with E-state index in [4.69, 9.17) is 10.5 Å². The highest BCUT2D eigenvalue weighted by Crippen LogP contribution is 2.27. The Bertz CT molecular complexity index is 718. The van der Waals surface area contributed by atoms with Crippen LogP contribution >= 0.6 is 0 Å². The lowest BCUT2D eigenvalue weighted by Gasteiger charge is -2.35. The molecule has 1 aliphatic rings. The van der Waals surface area contributed by atoms with Gasteiger partial charge in [-0.15, -0.1) is 0 Å². The highest BCUT2D eigenvalue weighted by atomic mass is 19.1. The van der Waals surface area contributed by atoms with Crippen molar-refractivity contribution < 1.29 is 9.13 Å². The first-order chi connectivity index (χ1) is 12.6. The van der Waals surface area contributed by atoms with Crippen molar-refractivity contribution in [2.45, 2.75) is 6.04 Å². The van der Waals surface area contributed by atoms with E-state index in [1.165, 1.54) is 18.5 Å². The van der Waals surface area contributed by atoms with Crippen molar-refractivity contribution >= 4 is 17.3 Å². The molecule has 0 aliphatic carbocycles. The molecule has 26 heavy (non-hydrogen) atoms. The maximum absolute atomic E-state index is 13.3. The predicted molar refractivity (Wildman–Crippen MR) is 101 cm³/mol. The molecule has 140 valence electrons. The van der Waals surface area contributed by atoms with E-state index in [2.05, 4.69) is 20.2 Å². The van der Waals surface area contributed by atoms with Crippen LogP contribution in [0.2, 0.25) is 0 Å². The number of hydrogen-bond donors (Lipinski definition) is 2. The number of nitrogens with one attached hydrogen (secondary N) is 1. The van der Waals surface area contributed by atoms with Crippen molar-refractivity contribution in [1.82, 2.24) is 14.9 Å². The summed E-state index contributed by atoms with van der Waals surface area (Å²) in [5.74, 6) is 1.04. The summed E-state index contributed by atoms with van der Waals surface area (Å²) in [6.07, 6.45) is 1.50. The fraction of sp³-hybridized carbons (Fsp3) is 0.444. The molecule has 1 saturated heterocycles. The zero-order valence-electron chi connectivity index (χ0n) is 15.2. The minimum atomic E-state index is -0.238. The number of hydrogen-bond acceptors (Lipinski definition) is 7. The normalized spacial score (nSPS) is 16.3. The lowest BCUT2D eigenvalue weighted by Crippen LogP contribution is -2.41.